The summed E-state index contributed by atoms with van der Waals surface area (Å²) in [6.07, 6.45) is 0. The number of nitro groups is 2. The van der Waals surface area contributed by atoms with Crippen molar-refractivity contribution < 1.29 is 24.9 Å². The number of nitrogens with zero attached hydrogens (tertiary/aromatic N) is 4. The fraction of sp³-hybridized carbons (Fsp3) is 0.133. The van der Waals surface area contributed by atoms with Gasteiger partial charge in [-0.1, -0.05) is 0 Å². The summed E-state index contributed by atoms with van der Waals surface area (Å²) in [7, 11) is 0. The van der Waals surface area contributed by atoms with Gasteiger partial charge in [0.25, 0.3) is 5.69 Å². The van der Waals surface area contributed by atoms with Gasteiger partial charge < -0.3 is 15.5 Å². The maximum Gasteiger partial charge on any atom is 0.319 e. The van der Waals surface area contributed by atoms with Gasteiger partial charge in [0, 0.05) is 13.0 Å². The zero-order valence-corrected chi connectivity index (χ0v) is 14.0. The molecule has 12 nitrogen and oxygen atoms in total. The highest BCUT2D eigenvalue weighted by Gasteiger charge is 2.24. The molecule has 0 spiro atoms. The molecule has 0 radical (unpaired) electrons. The van der Waals surface area contributed by atoms with Crippen LogP contribution in [0.4, 0.5) is 28.4 Å². The van der Waals surface area contributed by atoms with Crippen LogP contribution in [0.2, 0.25) is 0 Å². The second-order valence-corrected chi connectivity index (χ2v) is 5.41. The van der Waals surface area contributed by atoms with E-state index in [4.69, 9.17) is 0 Å². The monoisotopic (exact) mass is 375 g/mol. The maximum absolute atomic E-state index is 11.2. The lowest BCUT2D eigenvalue weighted by atomic mass is 10.1. The van der Waals surface area contributed by atoms with E-state index >= 15 is 0 Å². The number of carbonyl (C=O) groups excluding carboxylic acids is 1. The van der Waals surface area contributed by atoms with Crippen molar-refractivity contribution in [2.75, 3.05) is 5.32 Å². The van der Waals surface area contributed by atoms with Gasteiger partial charge in [-0.25, -0.2) is 0 Å². The fourth-order valence-electron chi connectivity index (χ4n) is 2.14. The highest BCUT2D eigenvalue weighted by Crippen LogP contribution is 2.42. The molecule has 3 N–H and O–H groups in total. The Morgan fingerprint density at radius 1 is 1.00 bits per heavy atom. The third kappa shape index (κ3) is 4.31. The summed E-state index contributed by atoms with van der Waals surface area (Å²) in [4.78, 5) is 31.1. The number of anilines is 1. The summed E-state index contributed by atoms with van der Waals surface area (Å²) in [5.41, 5.74) is -1.57. The quantitative estimate of drug-likeness (QED) is 0.309. The number of carbonyl (C=O) groups is 1. The lowest BCUT2D eigenvalue weighted by Gasteiger charge is -2.08. The number of benzene rings is 2. The van der Waals surface area contributed by atoms with Crippen molar-refractivity contribution in [3.8, 4) is 11.5 Å². The van der Waals surface area contributed by atoms with Crippen molar-refractivity contribution in [1.29, 1.82) is 0 Å². The van der Waals surface area contributed by atoms with Crippen molar-refractivity contribution >= 4 is 34.3 Å². The van der Waals surface area contributed by atoms with Crippen LogP contribution in [0.5, 0.6) is 11.5 Å². The highest BCUT2D eigenvalue weighted by atomic mass is 16.6. The molecule has 0 aliphatic heterocycles. The van der Waals surface area contributed by atoms with Crippen LogP contribution in [0.15, 0.2) is 34.5 Å². The molecule has 1 amide bonds. The minimum absolute atomic E-state index is 0.0608. The van der Waals surface area contributed by atoms with E-state index in [1.54, 1.807) is 6.92 Å². The van der Waals surface area contributed by atoms with Crippen molar-refractivity contribution in [2.24, 2.45) is 10.2 Å². The van der Waals surface area contributed by atoms with Crippen molar-refractivity contribution in [1.82, 2.24) is 0 Å². The Morgan fingerprint density at radius 2 is 1.59 bits per heavy atom. The summed E-state index contributed by atoms with van der Waals surface area (Å²) in [5, 5.41) is 51.6. The molecule has 0 bridgehead atoms. The third-order valence-electron chi connectivity index (χ3n) is 3.27. The van der Waals surface area contributed by atoms with E-state index in [1.807, 2.05) is 0 Å². The zero-order chi connectivity index (χ0) is 20.3. The molecule has 0 atom stereocenters. The van der Waals surface area contributed by atoms with Gasteiger partial charge in [0.05, 0.1) is 21.6 Å². The van der Waals surface area contributed by atoms with Crippen LogP contribution in [0.3, 0.4) is 0 Å². The second-order valence-electron chi connectivity index (χ2n) is 5.41. The first-order chi connectivity index (χ1) is 12.6. The number of amides is 1. The molecule has 140 valence electrons. The first-order valence-corrected chi connectivity index (χ1v) is 7.29. The Labute approximate surface area is 151 Å². The lowest BCUT2D eigenvalue weighted by Crippen LogP contribution is -2.06. The van der Waals surface area contributed by atoms with E-state index in [0.717, 1.165) is 6.07 Å². The van der Waals surface area contributed by atoms with Crippen LogP contribution in [0.25, 0.3) is 0 Å². The smallest absolute Gasteiger partial charge is 0.319 e. The summed E-state index contributed by atoms with van der Waals surface area (Å²) in [6.45, 7) is 2.89. The van der Waals surface area contributed by atoms with E-state index in [-0.39, 0.29) is 11.4 Å². The minimum Gasteiger partial charge on any atom is -0.504 e. The number of nitrogens with one attached hydrogen (secondary N) is 1. The van der Waals surface area contributed by atoms with Crippen molar-refractivity contribution in [2.45, 2.75) is 13.8 Å². The summed E-state index contributed by atoms with van der Waals surface area (Å²) in [6, 6.07) is 4.26. The molecule has 2 aromatic rings. The van der Waals surface area contributed by atoms with E-state index in [9.17, 15) is 35.2 Å². The summed E-state index contributed by atoms with van der Waals surface area (Å²) >= 11 is 0. The molecule has 2 aromatic carbocycles. The molecule has 0 saturated heterocycles. The lowest BCUT2D eigenvalue weighted by molar-refractivity contribution is -0.394. The largest absolute Gasteiger partial charge is 0.504 e. The molecule has 0 fully saturated rings. The van der Waals surface area contributed by atoms with E-state index in [2.05, 4.69) is 15.5 Å². The highest BCUT2D eigenvalue weighted by molar-refractivity contribution is 5.91. The molecule has 0 saturated carbocycles. The number of phenols is 2. The van der Waals surface area contributed by atoms with E-state index < -0.39 is 44.3 Å². The number of aromatic hydroxyl groups is 2. The van der Waals surface area contributed by atoms with E-state index in [1.165, 1.54) is 19.1 Å². The number of rotatable bonds is 5. The fourth-order valence-corrected chi connectivity index (χ4v) is 2.14. The molecular weight excluding hydrogens is 362 g/mol. The molecule has 12 heteroatoms. The van der Waals surface area contributed by atoms with Gasteiger partial charge in [0.15, 0.2) is 5.75 Å². The summed E-state index contributed by atoms with van der Waals surface area (Å²) in [5.74, 6) is -1.78. The number of azo groups is 1. The zero-order valence-electron chi connectivity index (χ0n) is 14.0. The molecule has 0 unspecified atom stereocenters. The second kappa shape index (κ2) is 7.43. The van der Waals surface area contributed by atoms with Gasteiger partial charge in [-0.2, -0.15) is 0 Å². The van der Waals surface area contributed by atoms with Crippen molar-refractivity contribution in [3.63, 3.8) is 0 Å². The molecule has 0 aliphatic carbocycles. The van der Waals surface area contributed by atoms with Crippen LogP contribution >= 0.6 is 0 Å². The first-order valence-electron chi connectivity index (χ1n) is 7.29. The number of aryl methyl sites for hydroxylation is 1. The predicted molar refractivity (Wildman–Crippen MR) is 92.7 cm³/mol. The molecule has 2 rings (SSSR count). The normalized spacial score (nSPS) is 10.7. The Bertz CT molecular complexity index is 987. The molecule has 0 aliphatic rings. The van der Waals surface area contributed by atoms with E-state index in [0.29, 0.717) is 11.6 Å². The Balaban J connectivity index is 2.55. The Morgan fingerprint density at radius 3 is 2.11 bits per heavy atom. The number of hydrogen-bond donors (Lipinski definition) is 3. The van der Waals surface area contributed by atoms with Crippen LogP contribution < -0.4 is 5.32 Å². The average Bonchev–Trinajstić information content (AvgIpc) is 2.56. The average molecular weight is 375 g/mol. The van der Waals surface area contributed by atoms with Gasteiger partial charge in [-0.15, -0.1) is 10.2 Å². The minimum atomic E-state index is -1.000. The number of hydrogen-bond acceptors (Lipinski definition) is 9. The van der Waals surface area contributed by atoms with Gasteiger partial charge >= 0.3 is 5.69 Å². The maximum atomic E-state index is 11.2. The standard InChI is InChI=1S/C15H13N5O7/c1-7-3-10(16-8(2)21)14(22)11(4-7)17-18-12-5-9(19(24)25)6-13(15(12)23)20(26)27/h3-6,22-23H,1-2H3,(H,16,21)/b18-17+. The van der Waals surface area contributed by atoms with Crippen LogP contribution in [0.1, 0.15) is 12.5 Å². The van der Waals surface area contributed by atoms with Crippen LogP contribution in [-0.2, 0) is 4.79 Å². The SMILES string of the molecule is CC(=O)Nc1cc(C)cc(/N=N/c2cc([N+](=O)[O-])cc([N+](=O)[O-])c2O)c1O. The van der Waals surface area contributed by atoms with Gasteiger partial charge in [0.2, 0.25) is 11.7 Å². The first kappa shape index (κ1) is 19.2. The summed E-state index contributed by atoms with van der Waals surface area (Å²) < 4.78 is 0. The van der Waals surface area contributed by atoms with Crippen LogP contribution in [-0.4, -0.2) is 26.0 Å². The number of nitro benzene ring substituents is 2. The van der Waals surface area contributed by atoms with Gasteiger partial charge in [-0.3, -0.25) is 25.0 Å². The number of phenolic OH excluding ortho intramolecular Hbond substituents is 2. The Hall–Kier alpha value is -4.09. The third-order valence-corrected chi connectivity index (χ3v) is 3.27. The number of non-ortho nitro benzene ring substituents is 1. The van der Waals surface area contributed by atoms with Crippen molar-refractivity contribution in [3.05, 3.63) is 50.1 Å². The molecule has 0 aromatic heterocycles. The topological polar surface area (TPSA) is 181 Å². The Kier molecular flexibility index (Phi) is 5.29. The molecule has 0 heterocycles. The molecule has 27 heavy (non-hydrogen) atoms. The predicted octanol–water partition coefficient (Wildman–Crippen LogP) is 3.60. The van der Waals surface area contributed by atoms with Gasteiger partial charge in [-0.05, 0) is 24.6 Å². The van der Waals surface area contributed by atoms with Gasteiger partial charge in [0.1, 0.15) is 11.4 Å². The van der Waals surface area contributed by atoms with Crippen LogP contribution in [0, 0.1) is 27.2 Å². The molecular formula is C15H13N5O7.